The molecule has 2 saturated heterocycles. The van der Waals surface area contributed by atoms with Gasteiger partial charge in [-0.15, -0.1) is 0 Å². The average Bonchev–Trinajstić information content (AvgIpc) is 2.87. The predicted octanol–water partition coefficient (Wildman–Crippen LogP) is 0.472. The number of nitrogens with one attached hydrogen (secondary N) is 1. The number of hydrogen-bond acceptors (Lipinski definition) is 5. The van der Waals surface area contributed by atoms with E-state index in [1.165, 1.54) is 6.26 Å². The number of hydrogen-bond donors (Lipinski definition) is 1. The van der Waals surface area contributed by atoms with Crippen LogP contribution in [0.2, 0.25) is 0 Å². The summed E-state index contributed by atoms with van der Waals surface area (Å²) >= 11 is 0. The van der Waals surface area contributed by atoms with Crippen LogP contribution in [-0.2, 0) is 14.8 Å². The first-order valence-corrected chi connectivity index (χ1v) is 9.14. The van der Waals surface area contributed by atoms with E-state index in [-0.39, 0.29) is 6.10 Å². The summed E-state index contributed by atoms with van der Waals surface area (Å²) in [5.74, 6) is 1.89. The van der Waals surface area contributed by atoms with Gasteiger partial charge in [0.2, 0.25) is 10.0 Å². The number of rotatable bonds is 4. The standard InChI is InChI=1S/C14H21N3O3S/c1-21(18,19)16-8-13-12-5-7-17(9-11(12)10-20-13)14-4-2-3-6-15-14/h2-4,6,11-13,16H,5,7-10H2,1H3/t11-,12-,13+/m1/s1. The normalized spacial score (nSPS) is 29.4. The first-order chi connectivity index (χ1) is 10.0. The Morgan fingerprint density at radius 1 is 1.48 bits per heavy atom. The van der Waals surface area contributed by atoms with E-state index in [1.807, 2.05) is 24.4 Å². The lowest BCUT2D eigenvalue weighted by Gasteiger charge is -2.36. The van der Waals surface area contributed by atoms with Crippen LogP contribution in [0.25, 0.3) is 0 Å². The van der Waals surface area contributed by atoms with E-state index in [4.69, 9.17) is 4.74 Å². The Morgan fingerprint density at radius 2 is 2.33 bits per heavy atom. The number of fused-ring (bicyclic) bond motifs is 1. The largest absolute Gasteiger partial charge is 0.376 e. The van der Waals surface area contributed by atoms with Gasteiger partial charge in [-0.25, -0.2) is 18.1 Å². The maximum Gasteiger partial charge on any atom is 0.208 e. The summed E-state index contributed by atoms with van der Waals surface area (Å²) in [6.07, 6.45) is 4.00. The third-order valence-electron chi connectivity index (χ3n) is 4.31. The molecule has 3 rings (SSSR count). The molecule has 1 N–H and O–H groups in total. The Bertz CT molecular complexity index is 578. The summed E-state index contributed by atoms with van der Waals surface area (Å²) < 4.78 is 30.8. The van der Waals surface area contributed by atoms with Gasteiger partial charge in [-0.2, -0.15) is 0 Å². The first kappa shape index (κ1) is 14.7. The van der Waals surface area contributed by atoms with E-state index >= 15 is 0 Å². The second-order valence-electron chi connectivity index (χ2n) is 5.84. The number of aromatic nitrogens is 1. The molecule has 0 radical (unpaired) electrons. The molecule has 6 nitrogen and oxygen atoms in total. The highest BCUT2D eigenvalue weighted by atomic mass is 32.2. The molecule has 0 spiro atoms. The maximum absolute atomic E-state index is 11.2. The van der Waals surface area contributed by atoms with Gasteiger partial charge in [0.15, 0.2) is 0 Å². The van der Waals surface area contributed by atoms with Crippen molar-refractivity contribution in [1.29, 1.82) is 0 Å². The molecule has 0 aromatic carbocycles. The lowest BCUT2D eigenvalue weighted by Crippen LogP contribution is -2.44. The van der Waals surface area contributed by atoms with Crippen LogP contribution in [-0.4, -0.2) is 52.0 Å². The summed E-state index contributed by atoms with van der Waals surface area (Å²) in [5, 5.41) is 0. The number of pyridine rings is 1. The smallest absolute Gasteiger partial charge is 0.208 e. The van der Waals surface area contributed by atoms with Crippen LogP contribution >= 0.6 is 0 Å². The molecule has 7 heteroatoms. The molecule has 1 aromatic rings. The first-order valence-electron chi connectivity index (χ1n) is 7.25. The van der Waals surface area contributed by atoms with Gasteiger partial charge in [0, 0.05) is 31.7 Å². The van der Waals surface area contributed by atoms with Gasteiger partial charge in [0.1, 0.15) is 5.82 Å². The highest BCUT2D eigenvalue weighted by molar-refractivity contribution is 7.88. The molecule has 2 aliphatic rings. The van der Waals surface area contributed by atoms with E-state index in [0.29, 0.717) is 25.0 Å². The molecule has 3 heterocycles. The SMILES string of the molecule is CS(=O)(=O)NC[C@@H]1OC[C@H]2CN(c3ccccn3)CC[C@H]21. The molecular formula is C14H21N3O3S. The molecule has 3 atom stereocenters. The molecule has 2 fully saturated rings. The fourth-order valence-corrected chi connectivity index (χ4v) is 3.75. The Hall–Kier alpha value is -1.18. The molecule has 0 aliphatic carbocycles. The molecule has 21 heavy (non-hydrogen) atoms. The number of piperidine rings is 1. The van der Waals surface area contributed by atoms with E-state index in [1.54, 1.807) is 0 Å². The Kier molecular flexibility index (Phi) is 4.14. The van der Waals surface area contributed by atoms with Gasteiger partial charge < -0.3 is 9.64 Å². The Labute approximate surface area is 125 Å². The molecule has 116 valence electrons. The van der Waals surface area contributed by atoms with E-state index in [0.717, 1.165) is 25.3 Å². The van der Waals surface area contributed by atoms with E-state index < -0.39 is 10.0 Å². The van der Waals surface area contributed by atoms with Crippen LogP contribution in [0.4, 0.5) is 5.82 Å². The Morgan fingerprint density at radius 3 is 3.05 bits per heavy atom. The summed E-state index contributed by atoms with van der Waals surface area (Å²) in [6.45, 7) is 2.95. The monoisotopic (exact) mass is 311 g/mol. The van der Waals surface area contributed by atoms with Gasteiger partial charge in [-0.3, -0.25) is 0 Å². The molecule has 1 aromatic heterocycles. The summed E-state index contributed by atoms with van der Waals surface area (Å²) in [4.78, 5) is 6.69. The molecule has 0 unspecified atom stereocenters. The molecule has 0 amide bonds. The number of sulfonamides is 1. The average molecular weight is 311 g/mol. The zero-order chi connectivity index (χ0) is 14.9. The van der Waals surface area contributed by atoms with E-state index in [9.17, 15) is 8.42 Å². The van der Waals surface area contributed by atoms with Gasteiger partial charge in [-0.05, 0) is 24.5 Å². The fraction of sp³-hybridized carbons (Fsp3) is 0.643. The van der Waals surface area contributed by atoms with Crippen molar-refractivity contribution in [3.8, 4) is 0 Å². The zero-order valence-corrected chi connectivity index (χ0v) is 12.9. The van der Waals surface area contributed by atoms with E-state index in [2.05, 4.69) is 14.6 Å². The van der Waals surface area contributed by atoms with Crippen LogP contribution in [0.5, 0.6) is 0 Å². The number of anilines is 1. The van der Waals surface area contributed by atoms with Crippen molar-refractivity contribution in [3.05, 3.63) is 24.4 Å². The molecule has 0 saturated carbocycles. The van der Waals surface area contributed by atoms with Crippen LogP contribution in [0.1, 0.15) is 6.42 Å². The molecular weight excluding hydrogens is 290 g/mol. The lowest BCUT2D eigenvalue weighted by atomic mass is 9.84. The maximum atomic E-state index is 11.2. The van der Waals surface area contributed by atoms with Crippen molar-refractivity contribution < 1.29 is 13.2 Å². The third-order valence-corrected chi connectivity index (χ3v) is 5.01. The number of ether oxygens (including phenoxy) is 1. The number of nitrogens with zero attached hydrogens (tertiary/aromatic N) is 2. The van der Waals surface area contributed by atoms with Gasteiger partial charge in [0.05, 0.1) is 19.0 Å². The zero-order valence-electron chi connectivity index (χ0n) is 12.1. The second-order valence-corrected chi connectivity index (χ2v) is 7.67. The van der Waals surface area contributed by atoms with Crippen molar-refractivity contribution in [2.45, 2.75) is 12.5 Å². The Balaban J connectivity index is 1.60. The van der Waals surface area contributed by atoms with Crippen LogP contribution in [0, 0.1) is 11.8 Å². The fourth-order valence-electron chi connectivity index (χ4n) is 3.28. The topological polar surface area (TPSA) is 71.5 Å². The quantitative estimate of drug-likeness (QED) is 0.875. The highest BCUT2D eigenvalue weighted by Crippen LogP contribution is 2.35. The van der Waals surface area contributed by atoms with Crippen molar-refractivity contribution in [2.24, 2.45) is 11.8 Å². The second kappa shape index (κ2) is 5.90. The minimum atomic E-state index is -3.15. The van der Waals surface area contributed by atoms with Gasteiger partial charge >= 0.3 is 0 Å². The van der Waals surface area contributed by atoms with Crippen molar-refractivity contribution >= 4 is 15.8 Å². The van der Waals surface area contributed by atoms with Crippen molar-refractivity contribution in [3.63, 3.8) is 0 Å². The third kappa shape index (κ3) is 3.53. The minimum Gasteiger partial charge on any atom is -0.376 e. The van der Waals surface area contributed by atoms with Gasteiger partial charge in [-0.1, -0.05) is 6.07 Å². The van der Waals surface area contributed by atoms with Crippen LogP contribution in [0.15, 0.2) is 24.4 Å². The summed E-state index contributed by atoms with van der Waals surface area (Å²) in [5.41, 5.74) is 0. The molecule has 2 aliphatic heterocycles. The lowest BCUT2D eigenvalue weighted by molar-refractivity contribution is 0.0930. The van der Waals surface area contributed by atoms with Crippen molar-refractivity contribution in [2.75, 3.05) is 37.4 Å². The predicted molar refractivity (Wildman–Crippen MR) is 80.6 cm³/mol. The highest BCUT2D eigenvalue weighted by Gasteiger charge is 2.41. The minimum absolute atomic E-state index is 0.00407. The van der Waals surface area contributed by atoms with Gasteiger partial charge in [0.25, 0.3) is 0 Å². The van der Waals surface area contributed by atoms with Crippen LogP contribution in [0.3, 0.4) is 0 Å². The van der Waals surface area contributed by atoms with Crippen molar-refractivity contribution in [1.82, 2.24) is 9.71 Å². The summed E-state index contributed by atoms with van der Waals surface area (Å²) in [6, 6.07) is 5.94. The summed E-state index contributed by atoms with van der Waals surface area (Å²) in [7, 11) is -3.15. The molecule has 0 bridgehead atoms. The van der Waals surface area contributed by atoms with Crippen LogP contribution < -0.4 is 9.62 Å².